The summed E-state index contributed by atoms with van der Waals surface area (Å²) in [7, 11) is 0. The number of ether oxygens (including phenoxy) is 1. The lowest BCUT2D eigenvalue weighted by atomic mass is 10.3. The Kier molecular flexibility index (Phi) is 6.23. The maximum absolute atomic E-state index is 5.39. The lowest BCUT2D eigenvalue weighted by Gasteiger charge is -2.34. The molecule has 0 amide bonds. The van der Waals surface area contributed by atoms with Crippen LogP contribution in [0.3, 0.4) is 0 Å². The van der Waals surface area contributed by atoms with Gasteiger partial charge in [0.2, 0.25) is 5.95 Å². The second-order valence-electron chi connectivity index (χ2n) is 6.50. The van der Waals surface area contributed by atoms with Crippen molar-refractivity contribution in [3.63, 3.8) is 0 Å². The summed E-state index contributed by atoms with van der Waals surface area (Å²) in [4.78, 5) is 16.6. The minimum Gasteiger partial charge on any atom is -0.379 e. The molecular formula is C17H30N6O. The zero-order valence-corrected chi connectivity index (χ0v) is 15.0. The number of nitrogens with zero attached hydrogens (tertiary/aromatic N) is 5. The molecular weight excluding hydrogens is 304 g/mol. The number of rotatable bonds is 6. The minimum absolute atomic E-state index is 0.848. The molecule has 0 radical (unpaired) electrons. The molecule has 0 saturated carbocycles. The topological polar surface area (TPSA) is 56.8 Å². The molecule has 0 aromatic carbocycles. The summed E-state index contributed by atoms with van der Waals surface area (Å²) in [5, 5.41) is 3.46. The first-order valence-electron chi connectivity index (χ1n) is 9.11. The monoisotopic (exact) mass is 334 g/mol. The summed E-state index contributed by atoms with van der Waals surface area (Å²) in [6, 6.07) is 2.03. The van der Waals surface area contributed by atoms with Crippen molar-refractivity contribution in [2.75, 3.05) is 82.3 Å². The highest BCUT2D eigenvalue weighted by atomic mass is 16.5. The third-order valence-electron chi connectivity index (χ3n) is 4.78. The molecule has 2 fully saturated rings. The zero-order chi connectivity index (χ0) is 16.8. The predicted molar refractivity (Wildman–Crippen MR) is 96.8 cm³/mol. The summed E-state index contributed by atoms with van der Waals surface area (Å²) < 4.78 is 5.39. The molecule has 1 aromatic heterocycles. The largest absolute Gasteiger partial charge is 0.379 e. The summed E-state index contributed by atoms with van der Waals surface area (Å²) >= 11 is 0. The Balaban J connectivity index is 1.53. The van der Waals surface area contributed by atoms with Gasteiger partial charge in [0.25, 0.3) is 0 Å². The SMILES string of the molecule is CCN1CCN(c2nc(C)cc(NCCN3CCOCC3)n2)CC1. The Morgan fingerprint density at radius 3 is 2.50 bits per heavy atom. The van der Waals surface area contributed by atoms with Gasteiger partial charge in [-0.3, -0.25) is 4.90 Å². The number of piperazine rings is 1. The molecule has 0 bridgehead atoms. The molecule has 2 aliphatic heterocycles. The van der Waals surface area contributed by atoms with Gasteiger partial charge in [0, 0.05) is 64.1 Å². The van der Waals surface area contributed by atoms with Crippen molar-refractivity contribution >= 4 is 11.8 Å². The van der Waals surface area contributed by atoms with Crippen molar-refractivity contribution in [3.05, 3.63) is 11.8 Å². The molecule has 7 nitrogen and oxygen atoms in total. The third-order valence-corrected chi connectivity index (χ3v) is 4.78. The summed E-state index contributed by atoms with van der Waals surface area (Å²) in [5.74, 6) is 1.79. The fourth-order valence-corrected chi connectivity index (χ4v) is 3.22. The quantitative estimate of drug-likeness (QED) is 0.820. The third kappa shape index (κ3) is 4.78. The lowest BCUT2D eigenvalue weighted by Crippen LogP contribution is -2.46. The first-order valence-corrected chi connectivity index (χ1v) is 9.11. The van der Waals surface area contributed by atoms with Crippen molar-refractivity contribution < 1.29 is 4.74 Å². The molecule has 1 aromatic rings. The number of morpholine rings is 1. The van der Waals surface area contributed by atoms with Gasteiger partial charge in [0.15, 0.2) is 0 Å². The molecule has 2 saturated heterocycles. The van der Waals surface area contributed by atoms with Gasteiger partial charge < -0.3 is 19.9 Å². The van der Waals surface area contributed by atoms with E-state index in [1.807, 2.05) is 13.0 Å². The first-order chi connectivity index (χ1) is 11.7. The molecule has 0 spiro atoms. The number of likely N-dealkylation sites (N-methyl/N-ethyl adjacent to an activating group) is 1. The molecule has 7 heteroatoms. The van der Waals surface area contributed by atoms with Crippen LogP contribution >= 0.6 is 0 Å². The van der Waals surface area contributed by atoms with Crippen molar-refractivity contribution in [3.8, 4) is 0 Å². The average Bonchev–Trinajstić information content (AvgIpc) is 2.62. The number of hydrogen-bond acceptors (Lipinski definition) is 7. The first kappa shape index (κ1) is 17.4. The molecule has 24 heavy (non-hydrogen) atoms. The van der Waals surface area contributed by atoms with E-state index in [1.165, 1.54) is 0 Å². The van der Waals surface area contributed by atoms with Crippen LogP contribution in [0.4, 0.5) is 11.8 Å². The number of hydrogen-bond donors (Lipinski definition) is 1. The smallest absolute Gasteiger partial charge is 0.227 e. The van der Waals surface area contributed by atoms with E-state index in [0.29, 0.717) is 0 Å². The van der Waals surface area contributed by atoms with Gasteiger partial charge >= 0.3 is 0 Å². The normalized spacial score (nSPS) is 20.3. The Morgan fingerprint density at radius 2 is 1.79 bits per heavy atom. The van der Waals surface area contributed by atoms with E-state index >= 15 is 0 Å². The van der Waals surface area contributed by atoms with Gasteiger partial charge in [-0.15, -0.1) is 0 Å². The minimum atomic E-state index is 0.848. The fraction of sp³-hybridized carbons (Fsp3) is 0.765. The fourth-order valence-electron chi connectivity index (χ4n) is 3.22. The highest BCUT2D eigenvalue weighted by molar-refractivity contribution is 5.44. The van der Waals surface area contributed by atoms with Crippen molar-refractivity contribution in [1.29, 1.82) is 0 Å². The van der Waals surface area contributed by atoms with Gasteiger partial charge in [-0.2, -0.15) is 4.98 Å². The number of aromatic nitrogens is 2. The van der Waals surface area contributed by atoms with Crippen LogP contribution in [0.2, 0.25) is 0 Å². The van der Waals surface area contributed by atoms with Gasteiger partial charge in [-0.25, -0.2) is 4.98 Å². The van der Waals surface area contributed by atoms with Crippen molar-refractivity contribution in [1.82, 2.24) is 19.8 Å². The van der Waals surface area contributed by atoms with Gasteiger partial charge in [-0.1, -0.05) is 6.92 Å². The van der Waals surface area contributed by atoms with E-state index in [9.17, 15) is 0 Å². The zero-order valence-electron chi connectivity index (χ0n) is 15.0. The van der Waals surface area contributed by atoms with Crippen LogP contribution in [0.25, 0.3) is 0 Å². The molecule has 134 valence electrons. The number of aryl methyl sites for hydroxylation is 1. The van der Waals surface area contributed by atoms with E-state index in [-0.39, 0.29) is 0 Å². The van der Waals surface area contributed by atoms with E-state index in [1.54, 1.807) is 0 Å². The van der Waals surface area contributed by atoms with E-state index in [2.05, 4.69) is 31.9 Å². The van der Waals surface area contributed by atoms with Gasteiger partial charge in [0.1, 0.15) is 5.82 Å². The van der Waals surface area contributed by atoms with E-state index < -0.39 is 0 Å². The molecule has 1 N–H and O–H groups in total. The number of anilines is 2. The highest BCUT2D eigenvalue weighted by Gasteiger charge is 2.18. The van der Waals surface area contributed by atoms with Crippen LogP contribution < -0.4 is 10.2 Å². The van der Waals surface area contributed by atoms with E-state index in [4.69, 9.17) is 9.72 Å². The van der Waals surface area contributed by atoms with Crippen LogP contribution in [0.5, 0.6) is 0 Å². The molecule has 0 atom stereocenters. The molecule has 2 aliphatic rings. The lowest BCUT2D eigenvalue weighted by molar-refractivity contribution is 0.0398. The van der Waals surface area contributed by atoms with Crippen LogP contribution in [-0.2, 0) is 4.74 Å². The average molecular weight is 334 g/mol. The second-order valence-corrected chi connectivity index (χ2v) is 6.50. The second kappa shape index (κ2) is 8.60. The van der Waals surface area contributed by atoms with Crippen LogP contribution in [0.1, 0.15) is 12.6 Å². The highest BCUT2D eigenvalue weighted by Crippen LogP contribution is 2.15. The molecule has 0 aliphatic carbocycles. The van der Waals surface area contributed by atoms with E-state index in [0.717, 1.165) is 89.6 Å². The Bertz CT molecular complexity index is 512. The molecule has 3 rings (SSSR count). The Hall–Kier alpha value is -1.44. The van der Waals surface area contributed by atoms with Crippen molar-refractivity contribution in [2.24, 2.45) is 0 Å². The van der Waals surface area contributed by atoms with Crippen LogP contribution in [0.15, 0.2) is 6.07 Å². The van der Waals surface area contributed by atoms with Gasteiger partial charge in [-0.05, 0) is 13.5 Å². The standard InChI is InChI=1S/C17H30N6O/c1-3-21-6-8-23(9-7-21)17-19-15(2)14-16(20-17)18-4-5-22-10-12-24-13-11-22/h14H,3-13H2,1-2H3,(H,18,19,20). The maximum Gasteiger partial charge on any atom is 0.227 e. The molecule has 0 unspecified atom stereocenters. The predicted octanol–water partition coefficient (Wildman–Crippen LogP) is 0.671. The number of nitrogens with one attached hydrogen (secondary N) is 1. The molecule has 3 heterocycles. The van der Waals surface area contributed by atoms with Crippen LogP contribution in [-0.4, -0.2) is 91.9 Å². The summed E-state index contributed by atoms with van der Waals surface area (Å²) in [5.41, 5.74) is 1.02. The van der Waals surface area contributed by atoms with Gasteiger partial charge in [0.05, 0.1) is 13.2 Å². The van der Waals surface area contributed by atoms with Crippen LogP contribution in [0, 0.1) is 6.92 Å². The Labute approximate surface area is 145 Å². The summed E-state index contributed by atoms with van der Waals surface area (Å²) in [6.45, 7) is 15.2. The maximum atomic E-state index is 5.39. The Morgan fingerprint density at radius 1 is 1.04 bits per heavy atom. The summed E-state index contributed by atoms with van der Waals surface area (Å²) in [6.07, 6.45) is 0. The van der Waals surface area contributed by atoms with Crippen molar-refractivity contribution in [2.45, 2.75) is 13.8 Å².